The van der Waals surface area contributed by atoms with Crippen molar-refractivity contribution in [2.24, 2.45) is 0 Å². The fourth-order valence-corrected chi connectivity index (χ4v) is 2.93. The molecule has 1 fully saturated rings. The van der Waals surface area contributed by atoms with E-state index in [4.69, 9.17) is 11.6 Å². The highest BCUT2D eigenvalue weighted by atomic mass is 35.5. The van der Waals surface area contributed by atoms with E-state index in [1.165, 1.54) is 11.6 Å². The van der Waals surface area contributed by atoms with E-state index in [1.807, 2.05) is 18.2 Å². The van der Waals surface area contributed by atoms with Crippen LogP contribution < -0.4 is 5.32 Å². The van der Waals surface area contributed by atoms with Gasteiger partial charge in [0.05, 0.1) is 0 Å². The van der Waals surface area contributed by atoms with Crippen molar-refractivity contribution in [2.75, 3.05) is 0 Å². The molecule has 3 heteroatoms. The lowest BCUT2D eigenvalue weighted by molar-refractivity contribution is 0.289. The van der Waals surface area contributed by atoms with Gasteiger partial charge in [-0.1, -0.05) is 35.9 Å². The molecule has 0 aliphatic heterocycles. The lowest BCUT2D eigenvalue weighted by atomic mass is 9.76. The van der Waals surface area contributed by atoms with Crippen molar-refractivity contribution < 1.29 is 4.39 Å². The summed E-state index contributed by atoms with van der Waals surface area (Å²) >= 11 is 6.01. The molecule has 3 rings (SSSR count). The molecular weight excluding hydrogens is 273 g/mol. The third-order valence-electron chi connectivity index (χ3n) is 3.94. The minimum atomic E-state index is -0.172. The topological polar surface area (TPSA) is 12.0 Å². The van der Waals surface area contributed by atoms with Crippen LogP contribution in [-0.2, 0) is 6.54 Å². The van der Waals surface area contributed by atoms with Crippen LogP contribution in [0, 0.1) is 5.82 Å². The van der Waals surface area contributed by atoms with Crippen LogP contribution in [0.15, 0.2) is 48.5 Å². The first kappa shape index (κ1) is 13.6. The Morgan fingerprint density at radius 2 is 1.90 bits per heavy atom. The van der Waals surface area contributed by atoms with Gasteiger partial charge in [-0.15, -0.1) is 0 Å². The minimum Gasteiger partial charge on any atom is -0.310 e. The molecule has 1 aliphatic carbocycles. The third-order valence-corrected chi connectivity index (χ3v) is 4.18. The second-order valence-corrected chi connectivity index (χ2v) is 5.87. The Bertz CT molecular complexity index is 590. The molecular formula is C17H17ClFN. The fraction of sp³-hybridized carbons (Fsp3) is 0.294. The average molecular weight is 290 g/mol. The zero-order valence-corrected chi connectivity index (χ0v) is 11.9. The van der Waals surface area contributed by atoms with Gasteiger partial charge in [0.15, 0.2) is 0 Å². The van der Waals surface area contributed by atoms with Crippen LogP contribution in [0.4, 0.5) is 4.39 Å². The monoisotopic (exact) mass is 289 g/mol. The summed E-state index contributed by atoms with van der Waals surface area (Å²) in [4.78, 5) is 0. The van der Waals surface area contributed by atoms with Gasteiger partial charge in [-0.25, -0.2) is 4.39 Å². The molecule has 104 valence electrons. The number of nitrogens with one attached hydrogen (secondary N) is 1. The van der Waals surface area contributed by atoms with Gasteiger partial charge in [0, 0.05) is 17.6 Å². The van der Waals surface area contributed by atoms with E-state index in [9.17, 15) is 4.39 Å². The second kappa shape index (κ2) is 5.94. The highest BCUT2D eigenvalue weighted by Gasteiger charge is 2.29. The van der Waals surface area contributed by atoms with Gasteiger partial charge in [0.1, 0.15) is 5.82 Å². The standard InChI is InChI=1S/C17H17ClFN/c18-15-5-2-4-13(8-15)14-9-17(10-14)20-11-12-3-1-6-16(19)7-12/h1-8,14,17,20H,9-11H2. The normalized spacial score (nSPS) is 21.5. The van der Waals surface area contributed by atoms with Crippen LogP contribution in [0.25, 0.3) is 0 Å². The van der Waals surface area contributed by atoms with Crippen molar-refractivity contribution in [3.63, 3.8) is 0 Å². The van der Waals surface area contributed by atoms with Crippen LogP contribution in [0.1, 0.15) is 29.9 Å². The fourth-order valence-electron chi connectivity index (χ4n) is 2.73. The molecule has 0 unspecified atom stereocenters. The number of benzene rings is 2. The maximum Gasteiger partial charge on any atom is 0.123 e. The number of hydrogen-bond donors (Lipinski definition) is 1. The van der Waals surface area contributed by atoms with Gasteiger partial charge in [-0.3, -0.25) is 0 Å². The molecule has 0 aromatic heterocycles. The predicted octanol–water partition coefficient (Wildman–Crippen LogP) is 4.51. The van der Waals surface area contributed by atoms with Crippen molar-refractivity contribution in [3.8, 4) is 0 Å². The van der Waals surface area contributed by atoms with Crippen LogP contribution in [0.2, 0.25) is 5.02 Å². The third kappa shape index (κ3) is 3.20. The Kier molecular flexibility index (Phi) is 4.04. The first-order chi connectivity index (χ1) is 9.70. The Labute approximate surface area is 123 Å². The molecule has 0 spiro atoms. The molecule has 1 N–H and O–H groups in total. The average Bonchev–Trinajstić information content (AvgIpc) is 2.37. The van der Waals surface area contributed by atoms with Crippen molar-refractivity contribution in [3.05, 3.63) is 70.5 Å². The highest BCUT2D eigenvalue weighted by molar-refractivity contribution is 6.30. The van der Waals surface area contributed by atoms with E-state index < -0.39 is 0 Å². The molecule has 1 nitrogen and oxygen atoms in total. The highest BCUT2D eigenvalue weighted by Crippen LogP contribution is 2.37. The maximum absolute atomic E-state index is 13.1. The molecule has 0 atom stereocenters. The zero-order valence-electron chi connectivity index (χ0n) is 11.2. The molecule has 0 radical (unpaired) electrons. The Morgan fingerprint density at radius 3 is 2.65 bits per heavy atom. The van der Waals surface area contributed by atoms with E-state index in [0.717, 1.165) is 30.0 Å². The maximum atomic E-state index is 13.1. The van der Waals surface area contributed by atoms with E-state index >= 15 is 0 Å². The molecule has 0 saturated heterocycles. The number of rotatable bonds is 4. The van der Waals surface area contributed by atoms with Gasteiger partial charge in [0.25, 0.3) is 0 Å². The summed E-state index contributed by atoms with van der Waals surface area (Å²) in [6, 6.07) is 15.4. The summed E-state index contributed by atoms with van der Waals surface area (Å²) in [7, 11) is 0. The summed E-state index contributed by atoms with van der Waals surface area (Å²) in [5.74, 6) is 0.424. The van der Waals surface area contributed by atoms with Gasteiger partial charge >= 0.3 is 0 Å². The molecule has 2 aromatic carbocycles. The van der Waals surface area contributed by atoms with Gasteiger partial charge in [-0.05, 0) is 54.2 Å². The van der Waals surface area contributed by atoms with Gasteiger partial charge in [0.2, 0.25) is 0 Å². The molecule has 2 aromatic rings. The molecule has 20 heavy (non-hydrogen) atoms. The first-order valence-electron chi connectivity index (χ1n) is 6.94. The SMILES string of the molecule is Fc1cccc(CNC2CC(c3cccc(Cl)c3)C2)c1. The van der Waals surface area contributed by atoms with Crippen molar-refractivity contribution in [2.45, 2.75) is 31.3 Å². The molecule has 0 bridgehead atoms. The lowest BCUT2D eigenvalue weighted by Crippen LogP contribution is -2.39. The Hall–Kier alpha value is -1.38. The molecule has 0 amide bonds. The first-order valence-corrected chi connectivity index (χ1v) is 7.32. The quantitative estimate of drug-likeness (QED) is 0.873. The van der Waals surface area contributed by atoms with E-state index in [2.05, 4.69) is 17.4 Å². The molecule has 1 saturated carbocycles. The lowest BCUT2D eigenvalue weighted by Gasteiger charge is -2.36. The summed E-state index contributed by atoms with van der Waals surface area (Å²) in [5.41, 5.74) is 2.32. The van der Waals surface area contributed by atoms with Crippen LogP contribution in [0.5, 0.6) is 0 Å². The van der Waals surface area contributed by atoms with Crippen molar-refractivity contribution in [1.29, 1.82) is 0 Å². The molecule has 1 aliphatic rings. The molecule has 0 heterocycles. The minimum absolute atomic E-state index is 0.172. The Morgan fingerprint density at radius 1 is 1.10 bits per heavy atom. The van der Waals surface area contributed by atoms with E-state index in [1.54, 1.807) is 12.1 Å². The number of halogens is 2. The summed E-state index contributed by atoms with van der Waals surface area (Å²) in [6.07, 6.45) is 2.24. The largest absolute Gasteiger partial charge is 0.310 e. The van der Waals surface area contributed by atoms with E-state index in [-0.39, 0.29) is 5.82 Å². The van der Waals surface area contributed by atoms with Gasteiger partial charge in [-0.2, -0.15) is 0 Å². The van der Waals surface area contributed by atoms with Crippen molar-refractivity contribution in [1.82, 2.24) is 5.32 Å². The number of hydrogen-bond acceptors (Lipinski definition) is 1. The van der Waals surface area contributed by atoms with E-state index in [0.29, 0.717) is 12.0 Å². The summed E-state index contributed by atoms with van der Waals surface area (Å²) < 4.78 is 13.1. The zero-order chi connectivity index (χ0) is 13.9. The predicted molar refractivity (Wildman–Crippen MR) is 80.5 cm³/mol. The van der Waals surface area contributed by atoms with Crippen LogP contribution in [-0.4, -0.2) is 6.04 Å². The summed E-state index contributed by atoms with van der Waals surface area (Å²) in [6.45, 7) is 0.727. The van der Waals surface area contributed by atoms with Crippen molar-refractivity contribution >= 4 is 11.6 Å². The van der Waals surface area contributed by atoms with Crippen LogP contribution >= 0.6 is 11.6 Å². The smallest absolute Gasteiger partial charge is 0.123 e. The van der Waals surface area contributed by atoms with Crippen LogP contribution in [0.3, 0.4) is 0 Å². The Balaban J connectivity index is 1.49. The van der Waals surface area contributed by atoms with Gasteiger partial charge < -0.3 is 5.32 Å². The summed E-state index contributed by atoms with van der Waals surface area (Å²) in [5, 5.41) is 4.28. The second-order valence-electron chi connectivity index (χ2n) is 5.43.